The monoisotopic (exact) mass is 571 g/mol. The Hall–Kier alpha value is -2.89. The Bertz CT molecular complexity index is 1380. The lowest BCUT2D eigenvalue weighted by Gasteiger charge is -2.27. The van der Waals surface area contributed by atoms with Crippen molar-refractivity contribution in [2.24, 2.45) is 16.8 Å². The number of allylic oxidation sites excluding steroid dienone is 2. The molecule has 7 nitrogen and oxygen atoms in total. The SMILES string of the molecule is CCC/C(C(=N)C1CCCc2sc(N=CN(C)C)c(C#N)c21)=C(/C)c1ccnc(CCC2CC3C([C@H]3C)N2CC)n1. The largest absolute Gasteiger partial charge is 0.369 e. The second-order valence-corrected chi connectivity index (χ2v) is 13.4. The molecule has 2 aromatic rings. The highest BCUT2D eigenvalue weighted by Crippen LogP contribution is 2.53. The number of aryl methyl sites for hydroxylation is 2. The summed E-state index contributed by atoms with van der Waals surface area (Å²) in [7, 11) is 3.86. The minimum absolute atomic E-state index is 0.0815. The summed E-state index contributed by atoms with van der Waals surface area (Å²) in [5.74, 6) is 2.58. The molecule has 0 spiro atoms. The lowest BCUT2D eigenvalue weighted by atomic mass is 9.78. The van der Waals surface area contributed by atoms with Gasteiger partial charge in [-0.25, -0.2) is 15.0 Å². The van der Waals surface area contributed by atoms with E-state index in [9.17, 15) is 10.7 Å². The van der Waals surface area contributed by atoms with Crippen LogP contribution in [0.5, 0.6) is 0 Å². The molecule has 1 saturated carbocycles. The van der Waals surface area contributed by atoms with Gasteiger partial charge >= 0.3 is 0 Å². The fourth-order valence-electron chi connectivity index (χ4n) is 7.33. The summed E-state index contributed by atoms with van der Waals surface area (Å²) < 4.78 is 0. The topological polar surface area (TPSA) is 92.3 Å². The van der Waals surface area contributed by atoms with E-state index in [1.165, 1.54) is 11.3 Å². The summed E-state index contributed by atoms with van der Waals surface area (Å²) in [4.78, 5) is 20.1. The predicted octanol–water partition coefficient (Wildman–Crippen LogP) is 7.01. The molecule has 41 heavy (non-hydrogen) atoms. The first-order valence-electron chi connectivity index (χ1n) is 15.4. The first-order chi connectivity index (χ1) is 19.8. The minimum atomic E-state index is -0.0815. The minimum Gasteiger partial charge on any atom is -0.369 e. The number of nitrogens with one attached hydrogen (secondary N) is 1. The molecule has 4 unspecified atom stereocenters. The molecule has 3 aliphatic rings. The van der Waals surface area contributed by atoms with Gasteiger partial charge in [0, 0.05) is 55.3 Å². The zero-order valence-corrected chi connectivity index (χ0v) is 26.4. The number of aliphatic imine (C=N–C) groups is 1. The molecule has 2 aliphatic carbocycles. The Morgan fingerprint density at radius 1 is 1.34 bits per heavy atom. The summed E-state index contributed by atoms with van der Waals surface area (Å²) in [6, 6.07) is 5.89. The summed E-state index contributed by atoms with van der Waals surface area (Å²) >= 11 is 1.62. The van der Waals surface area contributed by atoms with Crippen molar-refractivity contribution < 1.29 is 0 Å². The van der Waals surface area contributed by atoms with Crippen LogP contribution >= 0.6 is 11.3 Å². The number of thiophene rings is 1. The first kappa shape index (κ1) is 29.6. The van der Waals surface area contributed by atoms with Crippen molar-refractivity contribution in [3.8, 4) is 6.07 Å². The molecule has 1 aliphatic heterocycles. The Morgan fingerprint density at radius 3 is 2.85 bits per heavy atom. The molecule has 3 heterocycles. The van der Waals surface area contributed by atoms with Crippen molar-refractivity contribution in [1.82, 2.24) is 19.8 Å². The molecular weight excluding hydrogens is 526 g/mol. The molecule has 0 aromatic carbocycles. The molecule has 5 atom stereocenters. The molecule has 2 fully saturated rings. The fourth-order valence-corrected chi connectivity index (χ4v) is 8.52. The van der Waals surface area contributed by atoms with Gasteiger partial charge in [0.2, 0.25) is 0 Å². The van der Waals surface area contributed by atoms with Crippen LogP contribution in [0.1, 0.15) is 99.7 Å². The van der Waals surface area contributed by atoms with Crippen molar-refractivity contribution in [3.63, 3.8) is 0 Å². The van der Waals surface area contributed by atoms with Crippen LogP contribution < -0.4 is 0 Å². The highest BCUT2D eigenvalue weighted by atomic mass is 32.1. The number of hydrogen-bond acceptors (Lipinski definition) is 7. The van der Waals surface area contributed by atoms with Crippen LogP contribution in [0.3, 0.4) is 0 Å². The van der Waals surface area contributed by atoms with Crippen LogP contribution in [0, 0.1) is 28.6 Å². The molecule has 0 bridgehead atoms. The van der Waals surface area contributed by atoms with E-state index < -0.39 is 0 Å². The quantitative estimate of drug-likeness (QED) is 0.231. The molecule has 1 N–H and O–H groups in total. The standard InChI is InChI=1S/C33H45N7S/c1-7-10-23(31(35)24-11-9-12-28-30(24)26(18-34)33(41-28)37-19-39(5)6)20(3)27-15-16-36-29(38-27)14-13-22-17-25-21(4)32(25)40(22)8-2/h15-16,19,21-22,24-25,32,35H,7-14,17H2,1-6H3/b23-20+,35-31?,37-19?/t21-,22?,24?,25?,32?/m0/s1. The zero-order valence-electron chi connectivity index (χ0n) is 25.6. The van der Waals surface area contributed by atoms with Gasteiger partial charge in [-0.15, -0.1) is 11.3 Å². The summed E-state index contributed by atoms with van der Waals surface area (Å²) in [6.07, 6.45) is 11.6. The van der Waals surface area contributed by atoms with Crippen LogP contribution in [0.4, 0.5) is 5.00 Å². The number of aromatic nitrogens is 2. The maximum absolute atomic E-state index is 10.1. The van der Waals surface area contributed by atoms with E-state index >= 15 is 0 Å². The van der Waals surface area contributed by atoms with Crippen molar-refractivity contribution >= 4 is 34.0 Å². The van der Waals surface area contributed by atoms with Crippen LogP contribution in [-0.4, -0.2) is 64.5 Å². The molecule has 8 heteroatoms. The number of nitriles is 1. The van der Waals surface area contributed by atoms with Gasteiger partial charge in [0.25, 0.3) is 0 Å². The number of nitrogens with zero attached hydrogens (tertiary/aromatic N) is 6. The molecule has 1 saturated heterocycles. The molecule has 218 valence electrons. The Kier molecular flexibility index (Phi) is 9.06. The van der Waals surface area contributed by atoms with E-state index in [0.717, 1.165) is 103 Å². The van der Waals surface area contributed by atoms with Gasteiger partial charge < -0.3 is 10.3 Å². The van der Waals surface area contributed by atoms with Crippen LogP contribution in [-0.2, 0) is 12.8 Å². The van der Waals surface area contributed by atoms with Crippen LogP contribution in [0.15, 0.2) is 22.8 Å². The van der Waals surface area contributed by atoms with E-state index in [2.05, 4.69) is 48.6 Å². The van der Waals surface area contributed by atoms with E-state index in [-0.39, 0.29) is 5.92 Å². The molecular formula is C33H45N7S. The smallest absolute Gasteiger partial charge is 0.136 e. The molecule has 0 radical (unpaired) electrons. The van der Waals surface area contributed by atoms with Gasteiger partial charge in [-0.05, 0) is 86.6 Å². The lowest BCUT2D eigenvalue weighted by Crippen LogP contribution is -2.34. The fraction of sp³-hybridized carbons (Fsp3) is 0.606. The van der Waals surface area contributed by atoms with Gasteiger partial charge in [-0.3, -0.25) is 4.90 Å². The number of fused-ring (bicyclic) bond motifs is 2. The lowest BCUT2D eigenvalue weighted by molar-refractivity contribution is 0.203. The third-order valence-corrected chi connectivity index (χ3v) is 10.6. The Morgan fingerprint density at radius 2 is 2.15 bits per heavy atom. The van der Waals surface area contributed by atoms with E-state index in [1.807, 2.05) is 31.3 Å². The second-order valence-electron chi connectivity index (χ2n) is 12.3. The number of piperidine rings is 1. The maximum atomic E-state index is 10.1. The number of rotatable bonds is 11. The average Bonchev–Trinajstić information content (AvgIpc) is 3.30. The van der Waals surface area contributed by atoms with Crippen LogP contribution in [0.25, 0.3) is 5.57 Å². The number of likely N-dealkylation sites (tertiary alicyclic amines) is 1. The van der Waals surface area contributed by atoms with Crippen molar-refractivity contribution in [2.75, 3.05) is 20.6 Å². The normalized spacial score (nSPS) is 25.9. The Balaban J connectivity index is 1.39. The zero-order chi connectivity index (χ0) is 29.3. The summed E-state index contributed by atoms with van der Waals surface area (Å²) in [5.41, 5.74) is 5.38. The van der Waals surface area contributed by atoms with Gasteiger partial charge in [0.1, 0.15) is 16.9 Å². The van der Waals surface area contributed by atoms with Crippen molar-refractivity contribution in [3.05, 3.63) is 45.4 Å². The average molecular weight is 572 g/mol. The molecule has 5 rings (SSSR count). The highest BCUT2D eigenvalue weighted by Gasteiger charge is 2.57. The van der Waals surface area contributed by atoms with E-state index in [4.69, 9.17) is 4.98 Å². The molecule has 0 amide bonds. The number of hydrogen-bond donors (Lipinski definition) is 1. The Labute approximate surface area is 249 Å². The van der Waals surface area contributed by atoms with Gasteiger partial charge in [0.15, 0.2) is 0 Å². The third-order valence-electron chi connectivity index (χ3n) is 9.46. The van der Waals surface area contributed by atoms with Crippen LogP contribution in [0.2, 0.25) is 0 Å². The maximum Gasteiger partial charge on any atom is 0.136 e. The molecule has 2 aromatic heterocycles. The van der Waals surface area contributed by atoms with Gasteiger partial charge in [-0.1, -0.05) is 27.2 Å². The summed E-state index contributed by atoms with van der Waals surface area (Å²) in [5, 5.41) is 20.4. The van der Waals surface area contributed by atoms with Gasteiger partial charge in [-0.2, -0.15) is 5.26 Å². The summed E-state index contributed by atoms with van der Waals surface area (Å²) in [6.45, 7) is 10.1. The predicted molar refractivity (Wildman–Crippen MR) is 169 cm³/mol. The van der Waals surface area contributed by atoms with E-state index in [1.54, 1.807) is 17.7 Å². The second kappa shape index (κ2) is 12.5. The van der Waals surface area contributed by atoms with Gasteiger partial charge in [0.05, 0.1) is 17.6 Å². The van der Waals surface area contributed by atoms with E-state index in [0.29, 0.717) is 17.3 Å². The highest BCUT2D eigenvalue weighted by molar-refractivity contribution is 7.16. The van der Waals surface area contributed by atoms with Crippen molar-refractivity contribution in [1.29, 1.82) is 10.7 Å². The third kappa shape index (κ3) is 5.89. The van der Waals surface area contributed by atoms with Crippen molar-refractivity contribution in [2.45, 2.75) is 97.1 Å². The first-order valence-corrected chi connectivity index (χ1v) is 16.2.